The van der Waals surface area contributed by atoms with Crippen LogP contribution in [0.4, 0.5) is 0 Å². The molecule has 2 rings (SSSR count). The molecule has 0 aliphatic carbocycles. The van der Waals surface area contributed by atoms with Crippen LogP contribution in [-0.2, 0) is 0 Å². The van der Waals surface area contributed by atoms with Gasteiger partial charge < -0.3 is 15.5 Å². The zero-order valence-corrected chi connectivity index (χ0v) is 15.5. The lowest BCUT2D eigenvalue weighted by molar-refractivity contribution is 0.265. The van der Waals surface area contributed by atoms with E-state index in [4.69, 9.17) is 33.4 Å². The predicted octanol–water partition coefficient (Wildman–Crippen LogP) is 3.85. The predicted molar refractivity (Wildman–Crippen MR) is 99.6 cm³/mol. The van der Waals surface area contributed by atoms with Crippen LogP contribution < -0.4 is 11.1 Å². The maximum absolute atomic E-state index is 6.22. The fraction of sp³-hybridized carbons (Fsp3) is 0.353. The van der Waals surface area contributed by atoms with Gasteiger partial charge in [0.25, 0.3) is 0 Å². The molecule has 7 heteroatoms. The first kappa shape index (κ1) is 18.6. The van der Waals surface area contributed by atoms with Crippen LogP contribution in [0.5, 0.6) is 0 Å². The zero-order chi connectivity index (χ0) is 17.7. The summed E-state index contributed by atoms with van der Waals surface area (Å²) in [7, 11) is 3.95. The Bertz CT molecular complexity index is 686. The van der Waals surface area contributed by atoms with E-state index in [0.717, 1.165) is 11.3 Å². The molecule has 0 bridgehead atoms. The molecule has 0 radical (unpaired) electrons. The number of hydrogen-bond donors (Lipinski definition) is 2. The van der Waals surface area contributed by atoms with Crippen molar-refractivity contribution in [2.45, 2.75) is 19.0 Å². The molecule has 0 aliphatic rings. The molecule has 2 aromatic rings. The Labute approximate surface area is 152 Å². The third-order valence-corrected chi connectivity index (χ3v) is 4.29. The van der Waals surface area contributed by atoms with Crippen LogP contribution in [0.2, 0.25) is 10.0 Å². The second-order valence-corrected chi connectivity index (χ2v) is 6.60. The van der Waals surface area contributed by atoms with Crippen molar-refractivity contribution in [3.05, 3.63) is 58.0 Å². The molecule has 130 valence electrons. The van der Waals surface area contributed by atoms with E-state index in [2.05, 4.69) is 10.3 Å². The van der Waals surface area contributed by atoms with Crippen molar-refractivity contribution in [2.24, 2.45) is 10.7 Å². The SMILES string of the molecule is CC(NC(N)=NCC(c1ccco1)N(C)C)c1ccc(Cl)cc1Cl. The van der Waals surface area contributed by atoms with Gasteiger partial charge in [-0.25, -0.2) is 0 Å². The Balaban J connectivity index is 2.02. The molecule has 0 aliphatic heterocycles. The lowest BCUT2D eigenvalue weighted by Crippen LogP contribution is -2.35. The molecular formula is C17H22Cl2N4O. The summed E-state index contributed by atoms with van der Waals surface area (Å²) in [6.45, 7) is 2.45. The maximum Gasteiger partial charge on any atom is 0.189 e. The van der Waals surface area contributed by atoms with Gasteiger partial charge in [-0.3, -0.25) is 9.89 Å². The van der Waals surface area contributed by atoms with Gasteiger partial charge in [0.05, 0.1) is 24.9 Å². The third kappa shape index (κ3) is 4.90. The largest absolute Gasteiger partial charge is 0.468 e. The summed E-state index contributed by atoms with van der Waals surface area (Å²) in [6, 6.07) is 9.12. The number of aliphatic imine (C=N–C) groups is 1. The number of furan rings is 1. The molecule has 1 aromatic heterocycles. The van der Waals surface area contributed by atoms with E-state index in [-0.39, 0.29) is 12.1 Å². The van der Waals surface area contributed by atoms with Crippen LogP contribution >= 0.6 is 23.2 Å². The van der Waals surface area contributed by atoms with Gasteiger partial charge in [-0.15, -0.1) is 0 Å². The number of guanidine groups is 1. The van der Waals surface area contributed by atoms with Crippen LogP contribution in [0.3, 0.4) is 0 Å². The average molecular weight is 369 g/mol. The number of nitrogens with two attached hydrogens (primary N) is 1. The van der Waals surface area contributed by atoms with Crippen molar-refractivity contribution in [1.82, 2.24) is 10.2 Å². The van der Waals surface area contributed by atoms with E-state index >= 15 is 0 Å². The molecule has 2 atom stereocenters. The van der Waals surface area contributed by atoms with E-state index < -0.39 is 0 Å². The van der Waals surface area contributed by atoms with Crippen LogP contribution in [0.1, 0.15) is 30.3 Å². The fourth-order valence-electron chi connectivity index (χ4n) is 2.37. The molecule has 0 fully saturated rings. The molecular weight excluding hydrogens is 347 g/mol. The first-order chi connectivity index (χ1) is 11.4. The number of benzene rings is 1. The highest BCUT2D eigenvalue weighted by Gasteiger charge is 2.17. The molecule has 5 nitrogen and oxygen atoms in total. The average Bonchev–Trinajstić information content (AvgIpc) is 3.00. The maximum atomic E-state index is 6.22. The van der Waals surface area contributed by atoms with Crippen LogP contribution in [0.15, 0.2) is 46.0 Å². The molecule has 1 heterocycles. The van der Waals surface area contributed by atoms with Gasteiger partial charge in [0.15, 0.2) is 5.96 Å². The number of nitrogens with one attached hydrogen (secondary N) is 1. The first-order valence-electron chi connectivity index (χ1n) is 7.59. The molecule has 24 heavy (non-hydrogen) atoms. The van der Waals surface area contributed by atoms with Crippen molar-refractivity contribution in [3.63, 3.8) is 0 Å². The van der Waals surface area contributed by atoms with Gasteiger partial charge in [0.1, 0.15) is 5.76 Å². The summed E-state index contributed by atoms with van der Waals surface area (Å²) < 4.78 is 5.46. The molecule has 0 spiro atoms. The minimum absolute atomic E-state index is 0.0229. The highest BCUT2D eigenvalue weighted by atomic mass is 35.5. The molecule has 3 N–H and O–H groups in total. The van der Waals surface area contributed by atoms with Gasteiger partial charge >= 0.3 is 0 Å². The van der Waals surface area contributed by atoms with Gasteiger partial charge in [0.2, 0.25) is 0 Å². The Hall–Kier alpha value is -1.69. The van der Waals surface area contributed by atoms with Crippen LogP contribution in [-0.4, -0.2) is 31.5 Å². The lowest BCUT2D eigenvalue weighted by atomic mass is 10.1. The van der Waals surface area contributed by atoms with Crippen LogP contribution in [0, 0.1) is 0 Å². The van der Waals surface area contributed by atoms with Crippen LogP contribution in [0.25, 0.3) is 0 Å². The monoisotopic (exact) mass is 368 g/mol. The second-order valence-electron chi connectivity index (χ2n) is 5.75. The van der Waals surface area contributed by atoms with E-state index in [1.54, 1.807) is 18.4 Å². The molecule has 1 aromatic carbocycles. The highest BCUT2D eigenvalue weighted by molar-refractivity contribution is 6.35. The summed E-state index contributed by atoms with van der Waals surface area (Å²) in [5, 5.41) is 4.34. The topological polar surface area (TPSA) is 66.8 Å². The quantitative estimate of drug-likeness (QED) is 0.600. The number of hydrogen-bond acceptors (Lipinski definition) is 3. The van der Waals surface area contributed by atoms with E-state index in [1.165, 1.54) is 0 Å². The standard InChI is InChI=1S/C17H22Cl2N4O/c1-11(13-7-6-12(18)9-14(13)19)22-17(20)21-10-15(23(2)3)16-5-4-8-24-16/h4-9,11,15H,10H2,1-3H3,(H3,20,21,22). The van der Waals surface area contributed by atoms with Gasteiger partial charge in [-0.2, -0.15) is 0 Å². The summed E-state index contributed by atoms with van der Waals surface area (Å²) in [4.78, 5) is 6.46. The van der Waals surface area contributed by atoms with E-state index in [0.29, 0.717) is 22.5 Å². The smallest absolute Gasteiger partial charge is 0.189 e. The Kier molecular flexibility index (Phi) is 6.54. The fourth-order valence-corrected chi connectivity index (χ4v) is 2.94. The molecule has 0 saturated heterocycles. The Morgan fingerprint density at radius 3 is 2.67 bits per heavy atom. The molecule has 0 saturated carbocycles. The van der Waals surface area contributed by atoms with Gasteiger partial charge in [-0.1, -0.05) is 29.3 Å². The Morgan fingerprint density at radius 2 is 2.08 bits per heavy atom. The van der Waals surface area contributed by atoms with E-state index in [1.807, 2.05) is 44.1 Å². The number of rotatable bonds is 6. The van der Waals surface area contributed by atoms with Crippen molar-refractivity contribution < 1.29 is 4.42 Å². The number of likely N-dealkylation sites (N-methyl/N-ethyl adjacent to an activating group) is 1. The summed E-state index contributed by atoms with van der Waals surface area (Å²) in [5.74, 6) is 1.21. The normalized spacial score (nSPS) is 14.7. The summed E-state index contributed by atoms with van der Waals surface area (Å²) >= 11 is 12.1. The summed E-state index contributed by atoms with van der Waals surface area (Å²) in [6.07, 6.45) is 1.65. The molecule has 0 amide bonds. The Morgan fingerprint density at radius 1 is 1.33 bits per heavy atom. The first-order valence-corrected chi connectivity index (χ1v) is 8.35. The molecule has 2 unspecified atom stereocenters. The van der Waals surface area contributed by atoms with Crippen molar-refractivity contribution >= 4 is 29.2 Å². The van der Waals surface area contributed by atoms with Gasteiger partial charge in [0, 0.05) is 10.0 Å². The van der Waals surface area contributed by atoms with E-state index in [9.17, 15) is 0 Å². The summed E-state index contributed by atoms with van der Waals surface area (Å²) in [5.41, 5.74) is 6.93. The number of halogens is 2. The minimum atomic E-state index is -0.0834. The van der Waals surface area contributed by atoms with Gasteiger partial charge in [-0.05, 0) is 50.8 Å². The second kappa shape index (κ2) is 8.42. The van der Waals surface area contributed by atoms with Crippen molar-refractivity contribution in [3.8, 4) is 0 Å². The lowest BCUT2D eigenvalue weighted by Gasteiger charge is -2.21. The zero-order valence-electron chi connectivity index (χ0n) is 14.0. The minimum Gasteiger partial charge on any atom is -0.468 e. The van der Waals surface area contributed by atoms with Crippen molar-refractivity contribution in [1.29, 1.82) is 0 Å². The van der Waals surface area contributed by atoms with Crippen molar-refractivity contribution in [2.75, 3.05) is 20.6 Å². The highest BCUT2D eigenvalue weighted by Crippen LogP contribution is 2.26. The third-order valence-electron chi connectivity index (χ3n) is 3.72. The number of nitrogens with zero attached hydrogens (tertiary/aromatic N) is 2.